The van der Waals surface area contributed by atoms with E-state index in [1.54, 1.807) is 0 Å². The Kier molecular flexibility index (Phi) is 6.26. The Morgan fingerprint density at radius 1 is 1.10 bits per heavy atom. The maximum Gasteiger partial charge on any atom is 0.198 e. The van der Waals surface area contributed by atoms with Gasteiger partial charge in [0.15, 0.2) is 11.6 Å². The Labute approximate surface area is 194 Å². The molecule has 1 N–H and O–H groups in total. The zero-order valence-electron chi connectivity index (χ0n) is 17.4. The molecule has 1 fully saturated rings. The van der Waals surface area contributed by atoms with Gasteiger partial charge in [-0.25, -0.2) is 0 Å². The maximum atomic E-state index is 4.61. The van der Waals surface area contributed by atoms with E-state index in [0.717, 1.165) is 43.4 Å². The van der Waals surface area contributed by atoms with Crippen LogP contribution in [0.15, 0.2) is 53.7 Å². The summed E-state index contributed by atoms with van der Waals surface area (Å²) in [5, 5.41) is 12.2. The number of fused-ring (bicyclic) bond motifs is 3. The molecule has 3 aromatic rings. The van der Waals surface area contributed by atoms with Crippen LogP contribution in [-0.2, 0) is 11.8 Å². The number of guanidine groups is 1. The molecule has 0 radical (unpaired) electrons. The van der Waals surface area contributed by atoms with Crippen molar-refractivity contribution in [1.29, 1.82) is 0 Å². The van der Waals surface area contributed by atoms with E-state index >= 15 is 0 Å². The van der Waals surface area contributed by atoms with E-state index in [-0.39, 0.29) is 24.0 Å². The summed E-state index contributed by atoms with van der Waals surface area (Å²) in [5.74, 6) is 1.99. The van der Waals surface area contributed by atoms with Gasteiger partial charge in [-0.3, -0.25) is 9.39 Å². The molecule has 3 heterocycles. The summed E-state index contributed by atoms with van der Waals surface area (Å²) in [6.45, 7) is 1.90. The van der Waals surface area contributed by atoms with Crippen LogP contribution < -0.4 is 10.2 Å². The summed E-state index contributed by atoms with van der Waals surface area (Å²) < 4.78 is 2.06. The number of nitrogens with zero attached hydrogens (tertiary/aromatic N) is 5. The molecular weight excluding hydrogens is 487 g/mol. The predicted molar refractivity (Wildman–Crippen MR) is 132 cm³/mol. The maximum absolute atomic E-state index is 4.61. The molecule has 0 bridgehead atoms. The topological polar surface area (TPSA) is 57.8 Å². The van der Waals surface area contributed by atoms with Gasteiger partial charge in [0, 0.05) is 43.9 Å². The molecule has 1 spiro atoms. The van der Waals surface area contributed by atoms with Gasteiger partial charge >= 0.3 is 0 Å². The highest BCUT2D eigenvalue weighted by Gasteiger charge is 2.45. The molecule has 1 aliphatic heterocycles. The minimum absolute atomic E-state index is 0. The predicted octanol–water partition coefficient (Wildman–Crippen LogP) is 4.19. The van der Waals surface area contributed by atoms with Gasteiger partial charge in [-0.15, -0.1) is 34.2 Å². The van der Waals surface area contributed by atoms with E-state index in [0.29, 0.717) is 5.41 Å². The number of anilines is 1. The van der Waals surface area contributed by atoms with Crippen LogP contribution in [0.1, 0.15) is 43.5 Å². The van der Waals surface area contributed by atoms with E-state index in [4.69, 9.17) is 0 Å². The Hall–Kier alpha value is -2.16. The average molecular weight is 516 g/mol. The number of aliphatic imine (C=N–C) groups is 1. The van der Waals surface area contributed by atoms with Crippen LogP contribution in [0.3, 0.4) is 0 Å². The lowest BCUT2D eigenvalue weighted by molar-refractivity contribution is 0.478. The standard InChI is InChI=1S/C23H28N6.HI/c1-24-22(25-15-8-12-21-27-26-20-11-4-7-16-28(20)21)29-17-23(13-5-6-14-23)18-9-2-3-10-19(18)29;/h2-4,7,9-11,16H,5-6,8,12-15,17H2,1H3,(H,24,25);1H. The first-order chi connectivity index (χ1) is 14.3. The smallest absolute Gasteiger partial charge is 0.198 e. The van der Waals surface area contributed by atoms with Crippen molar-refractivity contribution in [2.45, 2.75) is 43.9 Å². The molecule has 0 saturated heterocycles. The van der Waals surface area contributed by atoms with Crippen molar-refractivity contribution in [2.75, 3.05) is 25.0 Å². The monoisotopic (exact) mass is 516 g/mol. The molecule has 2 aromatic heterocycles. The van der Waals surface area contributed by atoms with Crippen LogP contribution in [0.25, 0.3) is 5.65 Å². The molecule has 0 amide bonds. The van der Waals surface area contributed by atoms with E-state index < -0.39 is 0 Å². The summed E-state index contributed by atoms with van der Waals surface area (Å²) in [7, 11) is 1.89. The number of benzene rings is 1. The lowest BCUT2D eigenvalue weighted by Crippen LogP contribution is -2.43. The molecule has 7 heteroatoms. The second-order valence-corrected chi connectivity index (χ2v) is 8.21. The zero-order chi connectivity index (χ0) is 19.7. The van der Waals surface area contributed by atoms with E-state index in [2.05, 4.69) is 54.1 Å². The van der Waals surface area contributed by atoms with Crippen LogP contribution in [-0.4, -0.2) is 40.7 Å². The number of aromatic nitrogens is 3. The van der Waals surface area contributed by atoms with Crippen LogP contribution in [0.2, 0.25) is 0 Å². The van der Waals surface area contributed by atoms with Crippen LogP contribution >= 0.6 is 24.0 Å². The highest BCUT2D eigenvalue weighted by atomic mass is 127. The fourth-order valence-electron chi connectivity index (χ4n) is 5.10. The molecule has 158 valence electrons. The van der Waals surface area contributed by atoms with Gasteiger partial charge in [0.05, 0.1) is 0 Å². The molecule has 1 aromatic carbocycles. The van der Waals surface area contributed by atoms with Crippen LogP contribution in [0.4, 0.5) is 5.69 Å². The Morgan fingerprint density at radius 3 is 2.73 bits per heavy atom. The van der Waals surface area contributed by atoms with Gasteiger partial charge < -0.3 is 10.2 Å². The molecule has 0 unspecified atom stereocenters. The number of halogens is 1. The number of hydrogen-bond acceptors (Lipinski definition) is 3. The average Bonchev–Trinajstić information content (AvgIpc) is 3.48. The van der Waals surface area contributed by atoms with E-state index in [1.807, 2.05) is 31.4 Å². The fraction of sp³-hybridized carbons (Fsp3) is 0.435. The molecule has 6 nitrogen and oxygen atoms in total. The largest absolute Gasteiger partial charge is 0.356 e. The first-order valence-corrected chi connectivity index (χ1v) is 10.7. The second-order valence-electron chi connectivity index (χ2n) is 8.21. The third-order valence-corrected chi connectivity index (χ3v) is 6.50. The second kappa shape index (κ2) is 8.91. The fourth-order valence-corrected chi connectivity index (χ4v) is 5.10. The first-order valence-electron chi connectivity index (χ1n) is 10.7. The van der Waals surface area contributed by atoms with E-state index in [1.165, 1.54) is 36.9 Å². The summed E-state index contributed by atoms with van der Waals surface area (Å²) in [6, 6.07) is 14.9. The normalized spacial score (nSPS) is 17.4. The van der Waals surface area contributed by atoms with Gasteiger partial charge in [0.25, 0.3) is 0 Å². The quantitative estimate of drug-likeness (QED) is 0.245. The highest BCUT2D eigenvalue weighted by molar-refractivity contribution is 14.0. The SMILES string of the molecule is CN=C(NCCCc1nnc2ccccn12)N1CC2(CCCC2)c2ccccc21.I. The van der Waals surface area contributed by atoms with Crippen molar-refractivity contribution in [3.05, 3.63) is 60.0 Å². The lowest BCUT2D eigenvalue weighted by Gasteiger charge is -2.26. The van der Waals surface area contributed by atoms with Crippen molar-refractivity contribution in [3.8, 4) is 0 Å². The number of hydrogen-bond donors (Lipinski definition) is 1. The Morgan fingerprint density at radius 2 is 1.90 bits per heavy atom. The first kappa shape index (κ1) is 21.1. The number of aryl methyl sites for hydroxylation is 1. The van der Waals surface area contributed by atoms with Crippen molar-refractivity contribution in [1.82, 2.24) is 19.9 Å². The minimum atomic E-state index is 0. The Bertz CT molecular complexity index is 1040. The molecule has 1 aliphatic carbocycles. The Balaban J connectivity index is 0.00000218. The van der Waals surface area contributed by atoms with Crippen molar-refractivity contribution in [3.63, 3.8) is 0 Å². The van der Waals surface area contributed by atoms with Crippen molar-refractivity contribution < 1.29 is 0 Å². The van der Waals surface area contributed by atoms with Gasteiger partial charge in [-0.1, -0.05) is 37.1 Å². The summed E-state index contributed by atoms with van der Waals surface area (Å²) in [4.78, 5) is 7.00. The molecule has 2 aliphatic rings. The number of pyridine rings is 1. The lowest BCUT2D eigenvalue weighted by atomic mass is 9.81. The van der Waals surface area contributed by atoms with Crippen molar-refractivity contribution in [2.24, 2.45) is 4.99 Å². The number of rotatable bonds is 4. The third kappa shape index (κ3) is 3.68. The van der Waals surface area contributed by atoms with Gasteiger partial charge in [0.1, 0.15) is 5.82 Å². The summed E-state index contributed by atoms with van der Waals surface area (Å²) in [5.41, 5.74) is 4.05. The van der Waals surface area contributed by atoms with Crippen LogP contribution in [0, 0.1) is 0 Å². The number of para-hydroxylation sites is 1. The number of nitrogens with one attached hydrogen (secondary N) is 1. The molecule has 0 atom stereocenters. The zero-order valence-corrected chi connectivity index (χ0v) is 19.8. The molecular formula is C23H29IN6. The molecule has 30 heavy (non-hydrogen) atoms. The van der Waals surface area contributed by atoms with Crippen molar-refractivity contribution >= 4 is 41.3 Å². The summed E-state index contributed by atoms with van der Waals surface area (Å²) in [6.07, 6.45) is 9.14. The molecule has 1 saturated carbocycles. The van der Waals surface area contributed by atoms with E-state index in [9.17, 15) is 0 Å². The molecule has 5 rings (SSSR count). The van der Waals surface area contributed by atoms with Gasteiger partial charge in [-0.05, 0) is 43.0 Å². The summed E-state index contributed by atoms with van der Waals surface area (Å²) >= 11 is 0. The minimum Gasteiger partial charge on any atom is -0.356 e. The van der Waals surface area contributed by atoms with Gasteiger partial charge in [-0.2, -0.15) is 0 Å². The van der Waals surface area contributed by atoms with Gasteiger partial charge in [0.2, 0.25) is 0 Å². The third-order valence-electron chi connectivity index (χ3n) is 6.50. The highest BCUT2D eigenvalue weighted by Crippen LogP contribution is 2.50. The van der Waals surface area contributed by atoms with Crippen LogP contribution in [0.5, 0.6) is 0 Å².